The van der Waals surface area contributed by atoms with E-state index in [4.69, 9.17) is 9.47 Å². The molecule has 46 heavy (non-hydrogen) atoms. The number of halogens is 1. The highest BCUT2D eigenvalue weighted by molar-refractivity contribution is 9.10. The molecule has 4 aromatic rings. The molecule has 10 heteroatoms. The lowest BCUT2D eigenvalue weighted by molar-refractivity contribution is -0.146. The fourth-order valence-electron chi connectivity index (χ4n) is 7.60. The first-order valence-corrected chi connectivity index (χ1v) is 19.3. The van der Waals surface area contributed by atoms with Crippen LogP contribution in [0.2, 0.25) is 18.6 Å². The normalized spacial score (nSPS) is 23.7. The maximum atomic E-state index is 14.6. The van der Waals surface area contributed by atoms with Gasteiger partial charge in [0.1, 0.15) is 5.75 Å². The smallest absolute Gasteiger partial charge is 0.266 e. The number of para-hydroxylation sites is 3. The van der Waals surface area contributed by atoms with Crippen molar-refractivity contribution in [1.82, 2.24) is 0 Å². The molecule has 8 nitrogen and oxygen atoms in total. The van der Waals surface area contributed by atoms with Crippen LogP contribution >= 0.6 is 15.9 Å². The van der Waals surface area contributed by atoms with Gasteiger partial charge in [0.15, 0.2) is 19.7 Å². The molecule has 7 rings (SSSR count). The lowest BCUT2D eigenvalue weighted by Gasteiger charge is -2.32. The van der Waals surface area contributed by atoms with Crippen LogP contribution in [0, 0.1) is 5.92 Å². The van der Waals surface area contributed by atoms with Gasteiger partial charge in [0.25, 0.3) is 11.8 Å². The summed E-state index contributed by atoms with van der Waals surface area (Å²) < 4.78 is 13.7. The van der Waals surface area contributed by atoms with E-state index in [1.165, 1.54) is 0 Å². The number of hydrogen-bond acceptors (Lipinski definition) is 6. The van der Waals surface area contributed by atoms with Gasteiger partial charge in [-0.2, -0.15) is 0 Å². The summed E-state index contributed by atoms with van der Waals surface area (Å²) in [4.78, 5) is 43.2. The average Bonchev–Trinajstić information content (AvgIpc) is 3.40. The fourth-order valence-corrected chi connectivity index (χ4v) is 10.6. The third kappa shape index (κ3) is 4.82. The molecular weight excluding hydrogens is 664 g/mol. The van der Waals surface area contributed by atoms with Crippen LogP contribution in [0.25, 0.3) is 0 Å². The Labute approximate surface area is 277 Å². The number of hydrogen-bond donors (Lipinski definition) is 2. The monoisotopic (exact) mass is 698 g/mol. The zero-order valence-electron chi connectivity index (χ0n) is 25.8. The molecule has 0 bridgehead atoms. The minimum absolute atomic E-state index is 0.0915. The molecule has 1 fully saturated rings. The largest absolute Gasteiger partial charge is 0.454 e. The van der Waals surface area contributed by atoms with E-state index in [1.807, 2.05) is 98.9 Å². The predicted octanol–water partition coefficient (Wildman–Crippen LogP) is 7.26. The molecule has 4 aromatic carbocycles. The minimum atomic E-state index is -2.78. The molecule has 4 atom stereocenters. The maximum Gasteiger partial charge on any atom is 0.266 e. The molecule has 1 spiro atoms. The Balaban J connectivity index is 1.23. The summed E-state index contributed by atoms with van der Waals surface area (Å²) >= 11 is 3.59. The molecule has 3 aliphatic rings. The van der Waals surface area contributed by atoms with Crippen molar-refractivity contribution in [2.45, 2.75) is 50.2 Å². The quantitative estimate of drug-likeness (QED) is 0.206. The van der Waals surface area contributed by atoms with Gasteiger partial charge in [-0.15, -0.1) is 0 Å². The van der Waals surface area contributed by atoms with Gasteiger partial charge in [0.05, 0.1) is 29.6 Å². The zero-order valence-corrected chi connectivity index (χ0v) is 28.4. The summed E-state index contributed by atoms with van der Waals surface area (Å²) in [5.74, 6) is 0.413. The van der Waals surface area contributed by atoms with Crippen molar-refractivity contribution in [2.24, 2.45) is 5.92 Å². The lowest BCUT2D eigenvalue weighted by atomic mass is 9.82. The van der Waals surface area contributed by atoms with E-state index in [0.29, 0.717) is 34.9 Å². The van der Waals surface area contributed by atoms with Gasteiger partial charge < -0.3 is 24.3 Å². The number of amides is 2. The minimum Gasteiger partial charge on any atom is -0.454 e. The van der Waals surface area contributed by atoms with Crippen LogP contribution in [0.15, 0.2) is 95.5 Å². The summed E-state index contributed by atoms with van der Waals surface area (Å²) in [5, 5.41) is 9.85. The second kappa shape index (κ2) is 11.5. The number of rotatable bonds is 6. The first-order chi connectivity index (χ1) is 22.0. The van der Waals surface area contributed by atoms with Gasteiger partial charge in [-0.05, 0) is 79.7 Å². The first kappa shape index (κ1) is 30.8. The fraction of sp³-hybridized carbons (Fsp3) is 0.278. The molecule has 0 aromatic heterocycles. The van der Waals surface area contributed by atoms with Crippen molar-refractivity contribution in [3.05, 3.63) is 112 Å². The molecule has 0 radical (unpaired) electrons. The van der Waals surface area contributed by atoms with Gasteiger partial charge in [0.2, 0.25) is 0 Å². The molecule has 0 unspecified atom stereocenters. The highest BCUT2D eigenvalue weighted by Crippen LogP contribution is 2.60. The Bertz CT molecular complexity index is 1840. The van der Waals surface area contributed by atoms with Crippen LogP contribution < -0.4 is 14.5 Å². The first-order valence-electron chi connectivity index (χ1n) is 15.5. The Kier molecular flexibility index (Phi) is 7.68. The average molecular weight is 700 g/mol. The van der Waals surface area contributed by atoms with Crippen LogP contribution in [0.3, 0.4) is 0 Å². The second-order valence-corrected chi connectivity index (χ2v) is 17.7. The van der Waals surface area contributed by atoms with Crippen LogP contribution in [0.1, 0.15) is 34.8 Å². The Morgan fingerprint density at radius 3 is 2.33 bits per heavy atom. The summed E-state index contributed by atoms with van der Waals surface area (Å²) in [7, 11) is -2.78. The number of nitrogens with zero attached hydrogens (tertiary/aromatic N) is 2. The van der Waals surface area contributed by atoms with E-state index in [1.54, 1.807) is 21.9 Å². The van der Waals surface area contributed by atoms with Crippen molar-refractivity contribution in [2.75, 3.05) is 16.4 Å². The van der Waals surface area contributed by atoms with Crippen LogP contribution in [-0.4, -0.2) is 42.7 Å². The molecule has 0 aliphatic carbocycles. The number of ether oxygens (including phenoxy) is 2. The van der Waals surface area contributed by atoms with Crippen LogP contribution in [0.5, 0.6) is 11.5 Å². The molecule has 0 saturated carbocycles. The number of aliphatic hydroxyl groups is 1. The van der Waals surface area contributed by atoms with Crippen molar-refractivity contribution in [3.63, 3.8) is 0 Å². The zero-order chi connectivity index (χ0) is 32.4. The highest BCUT2D eigenvalue weighted by atomic mass is 79.9. The molecule has 2 N–H and O–H groups in total. The second-order valence-electron chi connectivity index (χ2n) is 12.8. The van der Waals surface area contributed by atoms with Gasteiger partial charge in [-0.3, -0.25) is 14.5 Å². The SMILES string of the molecule is C[C@@H]1[C@@H]([Si](C)(C)O)[C@H](CCO)O[C@@]12C(=O)N(Cc1ccc(N3C(=O)c4ccccc4Oc4ccccc43)cc1)c1ccc(Br)cc12. The molecule has 3 aliphatic heterocycles. The standard InChI is InChI=1S/C36H35BrN2O6Si/c1-22-33(46(2,3)43)32(18-19-40)45-36(22)27-20-24(37)14-17-28(27)38(35(36)42)21-23-12-15-25(16-13-23)39-29-9-5-7-11-31(29)44-30-10-6-4-8-26(30)34(39)41/h4-17,20,22,32-33,40,43H,18-19,21H2,1-3H3/t22-,32+,33-,36+/m1/s1. The topological polar surface area (TPSA) is 99.5 Å². The number of aliphatic hydroxyl groups excluding tert-OH is 1. The summed E-state index contributed by atoms with van der Waals surface area (Å²) in [6.07, 6.45) is -0.0931. The molecule has 236 valence electrons. The molecule has 1 saturated heterocycles. The van der Waals surface area contributed by atoms with Gasteiger partial charge in [-0.1, -0.05) is 59.3 Å². The van der Waals surface area contributed by atoms with Gasteiger partial charge in [0, 0.05) is 33.8 Å². The van der Waals surface area contributed by atoms with E-state index in [0.717, 1.165) is 21.3 Å². The summed E-state index contributed by atoms with van der Waals surface area (Å²) in [5.41, 5.74) is 2.68. The van der Waals surface area contributed by atoms with E-state index < -0.39 is 20.0 Å². The van der Waals surface area contributed by atoms with Crippen molar-refractivity contribution in [3.8, 4) is 11.5 Å². The number of carbonyl (C=O) groups excluding carboxylic acids is 2. The molecular formula is C36H35BrN2O6Si. The van der Waals surface area contributed by atoms with Crippen molar-refractivity contribution >= 4 is 53.1 Å². The van der Waals surface area contributed by atoms with Gasteiger partial charge in [-0.25, -0.2) is 0 Å². The van der Waals surface area contributed by atoms with E-state index in [9.17, 15) is 19.5 Å². The number of fused-ring (bicyclic) bond motifs is 4. The lowest BCUT2D eigenvalue weighted by Crippen LogP contribution is -2.46. The maximum absolute atomic E-state index is 14.6. The van der Waals surface area contributed by atoms with Crippen LogP contribution in [0.4, 0.5) is 17.1 Å². The van der Waals surface area contributed by atoms with Crippen LogP contribution in [-0.2, 0) is 21.7 Å². The number of carbonyl (C=O) groups is 2. The highest BCUT2D eigenvalue weighted by Gasteiger charge is 2.66. The van der Waals surface area contributed by atoms with Crippen molar-refractivity contribution in [1.29, 1.82) is 0 Å². The van der Waals surface area contributed by atoms with E-state index >= 15 is 0 Å². The number of benzene rings is 4. The predicted molar refractivity (Wildman–Crippen MR) is 182 cm³/mol. The summed E-state index contributed by atoms with van der Waals surface area (Å²) in [6, 6.07) is 28.1. The Hall–Kier alpha value is -3.80. The number of anilines is 3. The Morgan fingerprint density at radius 1 is 0.913 bits per heavy atom. The van der Waals surface area contributed by atoms with E-state index in [2.05, 4.69) is 15.9 Å². The third-order valence-corrected chi connectivity index (χ3v) is 12.5. The summed E-state index contributed by atoms with van der Waals surface area (Å²) in [6.45, 7) is 5.94. The molecule has 2 amide bonds. The van der Waals surface area contributed by atoms with E-state index in [-0.39, 0.29) is 36.4 Å². The van der Waals surface area contributed by atoms with Gasteiger partial charge >= 0.3 is 0 Å². The Morgan fingerprint density at radius 2 is 1.61 bits per heavy atom. The molecule has 3 heterocycles. The van der Waals surface area contributed by atoms with Crippen molar-refractivity contribution < 1.29 is 29.0 Å². The third-order valence-electron chi connectivity index (χ3n) is 9.54.